The molecule has 7 heteroatoms. The third-order valence-electron chi connectivity index (χ3n) is 2.13. The molecule has 0 unspecified atom stereocenters. The first-order valence-electron chi connectivity index (χ1n) is 4.29. The van der Waals surface area contributed by atoms with E-state index in [0.717, 1.165) is 6.07 Å². The van der Waals surface area contributed by atoms with Crippen molar-refractivity contribution in [1.82, 2.24) is 9.97 Å². The van der Waals surface area contributed by atoms with Crippen molar-refractivity contribution in [3.05, 3.63) is 29.6 Å². The quantitative estimate of drug-likeness (QED) is 0.514. The summed E-state index contributed by atoms with van der Waals surface area (Å²) in [5, 5.41) is 7.43. The summed E-state index contributed by atoms with van der Waals surface area (Å²) >= 11 is 0. The summed E-state index contributed by atoms with van der Waals surface area (Å²) in [6.07, 6.45) is -3.16. The predicted octanol–water partition coefficient (Wildman–Crippen LogP) is 1.87. The number of nitrogens with zero attached hydrogens (tertiary/aromatic N) is 1. The number of nitrogens with one attached hydrogen (secondary N) is 2. The standard InChI is InChI=1S/C9H7F3N4/c10-9(11,12)6-3-5-4(7(13)14)1-2-15-8(5)16-6/h1-3H,(H3,13,14)(H,15,16). The second-order valence-corrected chi connectivity index (χ2v) is 3.22. The fourth-order valence-electron chi connectivity index (χ4n) is 1.41. The van der Waals surface area contributed by atoms with Crippen molar-refractivity contribution in [2.75, 3.05) is 0 Å². The molecule has 0 atom stereocenters. The molecule has 84 valence electrons. The van der Waals surface area contributed by atoms with Crippen molar-refractivity contribution < 1.29 is 13.2 Å². The third-order valence-corrected chi connectivity index (χ3v) is 2.13. The van der Waals surface area contributed by atoms with Gasteiger partial charge in [0.05, 0.1) is 0 Å². The summed E-state index contributed by atoms with van der Waals surface area (Å²) in [5.74, 6) is -0.292. The van der Waals surface area contributed by atoms with E-state index in [1.165, 1.54) is 12.3 Å². The van der Waals surface area contributed by atoms with Crippen molar-refractivity contribution in [3.63, 3.8) is 0 Å². The average molecular weight is 228 g/mol. The molecule has 0 saturated heterocycles. The molecule has 2 aromatic heterocycles. The molecule has 0 bridgehead atoms. The van der Waals surface area contributed by atoms with Crippen LogP contribution < -0.4 is 5.73 Å². The highest BCUT2D eigenvalue weighted by Gasteiger charge is 2.33. The van der Waals surface area contributed by atoms with Gasteiger partial charge in [-0.25, -0.2) is 4.98 Å². The average Bonchev–Trinajstić information content (AvgIpc) is 2.59. The Kier molecular flexibility index (Phi) is 2.11. The van der Waals surface area contributed by atoms with Crippen molar-refractivity contribution in [2.24, 2.45) is 5.73 Å². The lowest BCUT2D eigenvalue weighted by Crippen LogP contribution is -2.11. The second kappa shape index (κ2) is 3.22. The monoisotopic (exact) mass is 228 g/mol. The van der Waals surface area contributed by atoms with E-state index in [-0.39, 0.29) is 22.4 Å². The Morgan fingerprint density at radius 2 is 2.12 bits per heavy atom. The van der Waals surface area contributed by atoms with Gasteiger partial charge in [-0.05, 0) is 12.1 Å². The largest absolute Gasteiger partial charge is 0.431 e. The molecule has 0 spiro atoms. The summed E-state index contributed by atoms with van der Waals surface area (Å²) in [6.45, 7) is 0. The van der Waals surface area contributed by atoms with Crippen LogP contribution in [0, 0.1) is 5.41 Å². The Morgan fingerprint density at radius 3 is 2.69 bits per heavy atom. The number of rotatable bonds is 1. The van der Waals surface area contributed by atoms with Crippen LogP contribution in [0.25, 0.3) is 11.0 Å². The van der Waals surface area contributed by atoms with Crippen LogP contribution in [0.5, 0.6) is 0 Å². The van der Waals surface area contributed by atoms with Gasteiger partial charge in [-0.2, -0.15) is 13.2 Å². The molecular weight excluding hydrogens is 221 g/mol. The van der Waals surface area contributed by atoms with Crippen LogP contribution in [0.4, 0.5) is 13.2 Å². The van der Waals surface area contributed by atoms with Gasteiger partial charge in [-0.1, -0.05) is 0 Å². The maximum atomic E-state index is 12.4. The van der Waals surface area contributed by atoms with Gasteiger partial charge < -0.3 is 10.7 Å². The number of nitrogens with two attached hydrogens (primary N) is 1. The first kappa shape index (κ1) is 10.5. The second-order valence-electron chi connectivity index (χ2n) is 3.22. The number of hydrogen-bond donors (Lipinski definition) is 3. The molecule has 0 saturated carbocycles. The SMILES string of the molecule is N=C(N)c1ccnc2[nH]c(C(F)(F)F)cc12. The summed E-state index contributed by atoms with van der Waals surface area (Å²) in [7, 11) is 0. The van der Waals surface area contributed by atoms with Gasteiger partial charge in [0.2, 0.25) is 0 Å². The van der Waals surface area contributed by atoms with E-state index in [2.05, 4.69) is 9.97 Å². The van der Waals surface area contributed by atoms with Crippen LogP contribution in [0.2, 0.25) is 0 Å². The zero-order valence-electron chi connectivity index (χ0n) is 7.89. The molecule has 0 amide bonds. The first-order valence-corrected chi connectivity index (χ1v) is 4.29. The fraction of sp³-hybridized carbons (Fsp3) is 0.111. The van der Waals surface area contributed by atoms with E-state index < -0.39 is 11.9 Å². The van der Waals surface area contributed by atoms with E-state index in [0.29, 0.717) is 0 Å². The molecule has 4 nitrogen and oxygen atoms in total. The lowest BCUT2D eigenvalue weighted by molar-refractivity contribution is -0.140. The molecule has 0 radical (unpaired) electrons. The van der Waals surface area contributed by atoms with Gasteiger partial charge >= 0.3 is 6.18 Å². The molecule has 0 aliphatic rings. The zero-order chi connectivity index (χ0) is 11.9. The van der Waals surface area contributed by atoms with Crippen molar-refractivity contribution >= 4 is 16.9 Å². The number of aromatic nitrogens is 2. The Balaban J connectivity index is 2.71. The van der Waals surface area contributed by atoms with E-state index in [9.17, 15) is 13.2 Å². The van der Waals surface area contributed by atoms with Crippen LogP contribution in [-0.4, -0.2) is 15.8 Å². The van der Waals surface area contributed by atoms with E-state index in [1.807, 2.05) is 0 Å². The molecule has 0 fully saturated rings. The van der Waals surface area contributed by atoms with Gasteiger partial charge in [0, 0.05) is 17.1 Å². The van der Waals surface area contributed by atoms with Gasteiger partial charge in [0.15, 0.2) is 0 Å². The van der Waals surface area contributed by atoms with Crippen molar-refractivity contribution in [1.29, 1.82) is 5.41 Å². The fourth-order valence-corrected chi connectivity index (χ4v) is 1.41. The lowest BCUT2D eigenvalue weighted by atomic mass is 10.1. The van der Waals surface area contributed by atoms with Gasteiger partial charge in [-0.3, -0.25) is 5.41 Å². The maximum Gasteiger partial charge on any atom is 0.431 e. The number of H-pyrrole nitrogens is 1. The Bertz CT molecular complexity index is 555. The van der Waals surface area contributed by atoms with E-state index in [4.69, 9.17) is 11.1 Å². The maximum absolute atomic E-state index is 12.4. The topological polar surface area (TPSA) is 78.6 Å². The highest BCUT2D eigenvalue weighted by Crippen LogP contribution is 2.31. The van der Waals surface area contributed by atoms with E-state index >= 15 is 0 Å². The summed E-state index contributed by atoms with van der Waals surface area (Å²) in [6, 6.07) is 2.30. The molecule has 2 aromatic rings. The summed E-state index contributed by atoms with van der Waals surface area (Å²) in [4.78, 5) is 5.89. The molecule has 4 N–H and O–H groups in total. The minimum Gasteiger partial charge on any atom is -0.384 e. The lowest BCUT2D eigenvalue weighted by Gasteiger charge is -2.00. The van der Waals surface area contributed by atoms with Crippen LogP contribution in [-0.2, 0) is 6.18 Å². The molecule has 16 heavy (non-hydrogen) atoms. The highest BCUT2D eigenvalue weighted by atomic mass is 19.4. The Morgan fingerprint density at radius 1 is 1.44 bits per heavy atom. The number of alkyl halides is 3. The normalized spacial score (nSPS) is 11.9. The third kappa shape index (κ3) is 1.60. The number of hydrogen-bond acceptors (Lipinski definition) is 2. The smallest absolute Gasteiger partial charge is 0.384 e. The Labute approximate surface area is 87.8 Å². The van der Waals surface area contributed by atoms with Crippen LogP contribution >= 0.6 is 0 Å². The van der Waals surface area contributed by atoms with Crippen molar-refractivity contribution in [2.45, 2.75) is 6.18 Å². The molecule has 0 aliphatic carbocycles. The first-order chi connectivity index (χ1) is 7.39. The van der Waals surface area contributed by atoms with Crippen LogP contribution in [0.1, 0.15) is 11.3 Å². The zero-order valence-corrected chi connectivity index (χ0v) is 7.89. The van der Waals surface area contributed by atoms with E-state index in [1.54, 1.807) is 0 Å². The number of fused-ring (bicyclic) bond motifs is 1. The minimum absolute atomic E-state index is 0.0695. The minimum atomic E-state index is -4.46. The van der Waals surface area contributed by atoms with Crippen LogP contribution in [0.15, 0.2) is 18.3 Å². The molecule has 2 rings (SSSR count). The number of amidine groups is 1. The van der Waals surface area contributed by atoms with Gasteiger partial charge in [0.25, 0.3) is 0 Å². The number of aromatic amines is 1. The summed E-state index contributed by atoms with van der Waals surface area (Å²) in [5.41, 5.74) is 4.66. The number of nitrogen functional groups attached to an aromatic ring is 1. The summed E-state index contributed by atoms with van der Waals surface area (Å²) < 4.78 is 37.2. The van der Waals surface area contributed by atoms with Crippen molar-refractivity contribution in [3.8, 4) is 0 Å². The molecular formula is C9H7F3N4. The van der Waals surface area contributed by atoms with Crippen LogP contribution in [0.3, 0.4) is 0 Å². The highest BCUT2D eigenvalue weighted by molar-refractivity contribution is 6.06. The van der Waals surface area contributed by atoms with Gasteiger partial charge in [-0.15, -0.1) is 0 Å². The molecule has 2 heterocycles. The number of halogens is 3. The molecule has 0 aliphatic heterocycles. The predicted molar refractivity (Wildman–Crippen MR) is 52.1 cm³/mol. The Hall–Kier alpha value is -2.05. The van der Waals surface area contributed by atoms with Gasteiger partial charge in [0.1, 0.15) is 17.2 Å². The number of pyridine rings is 1. The molecule has 0 aromatic carbocycles.